The summed E-state index contributed by atoms with van der Waals surface area (Å²) in [5.74, 6) is 2.01. The highest BCUT2D eigenvalue weighted by molar-refractivity contribution is 9.10. The van der Waals surface area contributed by atoms with Gasteiger partial charge in [0.05, 0.1) is 6.54 Å². The van der Waals surface area contributed by atoms with Crippen molar-refractivity contribution in [3.63, 3.8) is 0 Å². The Kier molecular flexibility index (Phi) is 4.68. The number of ketones is 1. The van der Waals surface area contributed by atoms with Gasteiger partial charge in [0.25, 0.3) is 0 Å². The fraction of sp³-hybridized carbons (Fsp3) is 0.214. The minimum atomic E-state index is 0.0581. The molecule has 0 amide bonds. The van der Waals surface area contributed by atoms with Crippen LogP contribution in [0, 0.1) is 6.92 Å². The molecule has 0 unspecified atom stereocenters. The number of aryl methyl sites for hydroxylation is 1. The van der Waals surface area contributed by atoms with Gasteiger partial charge in [0.15, 0.2) is 0 Å². The van der Waals surface area contributed by atoms with E-state index in [1.165, 1.54) is 6.92 Å². The number of hydrogen-bond acceptors (Lipinski definition) is 5. The molecule has 1 aromatic heterocycles. The van der Waals surface area contributed by atoms with Gasteiger partial charge in [0.1, 0.15) is 23.2 Å². The molecule has 0 aliphatic heterocycles. The Labute approximate surface area is 126 Å². The van der Waals surface area contributed by atoms with Crippen LogP contribution in [0.3, 0.4) is 0 Å². The fourth-order valence-corrected chi connectivity index (χ4v) is 2.05. The van der Waals surface area contributed by atoms with Crippen molar-refractivity contribution >= 4 is 39.0 Å². The Morgan fingerprint density at radius 3 is 2.70 bits per heavy atom. The molecule has 0 saturated carbocycles. The number of carbonyl (C=O) groups is 1. The van der Waals surface area contributed by atoms with E-state index in [-0.39, 0.29) is 12.3 Å². The van der Waals surface area contributed by atoms with E-state index in [1.807, 2.05) is 31.2 Å². The molecular weight excluding hydrogens is 320 g/mol. The van der Waals surface area contributed by atoms with Gasteiger partial charge in [-0.25, -0.2) is 9.97 Å². The SMILES string of the molecule is CC(=O)CNc1cc(Nc2cccc(Br)c2)nc(C)n1. The zero-order chi connectivity index (χ0) is 14.5. The summed E-state index contributed by atoms with van der Waals surface area (Å²) in [5, 5.41) is 6.18. The maximum Gasteiger partial charge on any atom is 0.148 e. The molecule has 5 nitrogen and oxygen atoms in total. The van der Waals surface area contributed by atoms with Gasteiger partial charge in [-0.3, -0.25) is 4.79 Å². The van der Waals surface area contributed by atoms with E-state index < -0.39 is 0 Å². The van der Waals surface area contributed by atoms with E-state index in [0.29, 0.717) is 17.5 Å². The summed E-state index contributed by atoms with van der Waals surface area (Å²) in [4.78, 5) is 19.6. The lowest BCUT2D eigenvalue weighted by atomic mass is 10.3. The van der Waals surface area contributed by atoms with Crippen molar-refractivity contribution in [3.05, 3.63) is 40.6 Å². The van der Waals surface area contributed by atoms with Crippen LogP contribution in [0.5, 0.6) is 0 Å². The highest BCUT2D eigenvalue weighted by atomic mass is 79.9. The van der Waals surface area contributed by atoms with Gasteiger partial charge in [0, 0.05) is 16.2 Å². The third-order valence-corrected chi connectivity index (χ3v) is 2.95. The minimum absolute atomic E-state index is 0.0581. The predicted octanol–water partition coefficient (Wildman–Crippen LogP) is 3.29. The zero-order valence-corrected chi connectivity index (χ0v) is 12.9. The average Bonchev–Trinajstić information content (AvgIpc) is 2.35. The van der Waals surface area contributed by atoms with Crippen molar-refractivity contribution in [2.75, 3.05) is 17.2 Å². The highest BCUT2D eigenvalue weighted by Crippen LogP contribution is 2.20. The summed E-state index contributed by atoms with van der Waals surface area (Å²) in [6, 6.07) is 9.58. The molecule has 20 heavy (non-hydrogen) atoms. The maximum absolute atomic E-state index is 11.0. The molecule has 0 fully saturated rings. The summed E-state index contributed by atoms with van der Waals surface area (Å²) in [6.07, 6.45) is 0. The smallest absolute Gasteiger partial charge is 0.148 e. The van der Waals surface area contributed by atoms with Crippen LogP contribution in [-0.2, 0) is 4.79 Å². The Balaban J connectivity index is 2.17. The van der Waals surface area contributed by atoms with Gasteiger partial charge in [0.2, 0.25) is 0 Å². The zero-order valence-electron chi connectivity index (χ0n) is 11.3. The van der Waals surface area contributed by atoms with Crippen molar-refractivity contribution in [2.24, 2.45) is 0 Å². The van der Waals surface area contributed by atoms with Crippen LogP contribution in [0.4, 0.5) is 17.3 Å². The molecule has 6 heteroatoms. The summed E-state index contributed by atoms with van der Waals surface area (Å²) in [7, 11) is 0. The van der Waals surface area contributed by atoms with Crippen LogP contribution in [0.1, 0.15) is 12.7 Å². The van der Waals surface area contributed by atoms with Crippen LogP contribution in [0.2, 0.25) is 0 Å². The van der Waals surface area contributed by atoms with Crippen molar-refractivity contribution in [1.82, 2.24) is 9.97 Å². The molecular formula is C14H15BrN4O. The molecule has 0 saturated heterocycles. The van der Waals surface area contributed by atoms with Crippen LogP contribution in [0.15, 0.2) is 34.8 Å². The second-order valence-corrected chi connectivity index (χ2v) is 5.29. The molecule has 0 spiro atoms. The number of rotatable bonds is 5. The van der Waals surface area contributed by atoms with Crippen LogP contribution < -0.4 is 10.6 Å². The number of nitrogens with one attached hydrogen (secondary N) is 2. The Morgan fingerprint density at radius 1 is 1.25 bits per heavy atom. The third kappa shape index (κ3) is 4.31. The molecule has 0 atom stereocenters. The number of hydrogen-bond donors (Lipinski definition) is 2. The van der Waals surface area contributed by atoms with E-state index in [0.717, 1.165) is 10.2 Å². The molecule has 0 bridgehead atoms. The quantitative estimate of drug-likeness (QED) is 0.878. The predicted molar refractivity (Wildman–Crippen MR) is 83.4 cm³/mol. The summed E-state index contributed by atoms with van der Waals surface area (Å²) in [6.45, 7) is 3.60. The largest absolute Gasteiger partial charge is 0.363 e. The van der Waals surface area contributed by atoms with Crippen molar-refractivity contribution < 1.29 is 4.79 Å². The van der Waals surface area contributed by atoms with E-state index >= 15 is 0 Å². The number of aromatic nitrogens is 2. The second kappa shape index (κ2) is 6.47. The van der Waals surface area contributed by atoms with Gasteiger partial charge in [-0.2, -0.15) is 0 Å². The molecule has 2 N–H and O–H groups in total. The lowest BCUT2D eigenvalue weighted by molar-refractivity contribution is -0.115. The lowest BCUT2D eigenvalue weighted by Crippen LogP contribution is -2.12. The third-order valence-electron chi connectivity index (χ3n) is 2.45. The molecule has 2 rings (SSSR count). The summed E-state index contributed by atoms with van der Waals surface area (Å²) in [5.41, 5.74) is 0.926. The van der Waals surface area contributed by atoms with Crippen LogP contribution in [0.25, 0.3) is 0 Å². The number of carbonyl (C=O) groups excluding carboxylic acids is 1. The van der Waals surface area contributed by atoms with E-state index in [9.17, 15) is 4.79 Å². The Bertz CT molecular complexity index is 630. The first-order chi connectivity index (χ1) is 9.52. The monoisotopic (exact) mass is 334 g/mol. The highest BCUT2D eigenvalue weighted by Gasteiger charge is 2.03. The van der Waals surface area contributed by atoms with Gasteiger partial charge in [-0.15, -0.1) is 0 Å². The number of halogens is 1. The molecule has 1 aromatic carbocycles. The standard InChI is InChI=1S/C14H15BrN4O/c1-9(20)8-16-13-7-14(18-10(2)17-13)19-12-5-3-4-11(15)6-12/h3-7H,8H2,1-2H3,(H2,16,17,18,19). The van der Waals surface area contributed by atoms with Crippen molar-refractivity contribution in [2.45, 2.75) is 13.8 Å². The average molecular weight is 335 g/mol. The molecule has 1 heterocycles. The summed E-state index contributed by atoms with van der Waals surface area (Å²) >= 11 is 3.42. The van der Waals surface area contributed by atoms with Gasteiger partial charge >= 0.3 is 0 Å². The molecule has 0 aliphatic rings. The Hall–Kier alpha value is -1.95. The Morgan fingerprint density at radius 2 is 2.00 bits per heavy atom. The molecule has 104 valence electrons. The van der Waals surface area contributed by atoms with E-state index in [4.69, 9.17) is 0 Å². The number of benzene rings is 1. The maximum atomic E-state index is 11.0. The van der Waals surface area contributed by atoms with Crippen LogP contribution >= 0.6 is 15.9 Å². The van der Waals surface area contributed by atoms with Gasteiger partial charge < -0.3 is 10.6 Å². The van der Waals surface area contributed by atoms with Crippen LogP contribution in [-0.4, -0.2) is 22.3 Å². The molecule has 0 aliphatic carbocycles. The number of nitrogens with zero attached hydrogens (tertiary/aromatic N) is 2. The summed E-state index contributed by atoms with van der Waals surface area (Å²) < 4.78 is 0.989. The van der Waals surface area contributed by atoms with E-state index in [2.05, 4.69) is 36.5 Å². The van der Waals surface area contributed by atoms with Crippen molar-refractivity contribution in [3.8, 4) is 0 Å². The first-order valence-electron chi connectivity index (χ1n) is 6.14. The molecule has 0 radical (unpaired) electrons. The lowest BCUT2D eigenvalue weighted by Gasteiger charge is -2.09. The first kappa shape index (κ1) is 14.5. The first-order valence-corrected chi connectivity index (χ1v) is 6.94. The van der Waals surface area contributed by atoms with E-state index in [1.54, 1.807) is 6.07 Å². The fourth-order valence-electron chi connectivity index (χ4n) is 1.65. The number of Topliss-reactive ketones (excluding diaryl/α,β-unsaturated/α-hetero) is 1. The minimum Gasteiger partial charge on any atom is -0.363 e. The molecule has 2 aromatic rings. The van der Waals surface area contributed by atoms with Gasteiger partial charge in [-0.1, -0.05) is 22.0 Å². The number of anilines is 3. The normalized spacial score (nSPS) is 10.2. The topological polar surface area (TPSA) is 66.9 Å². The van der Waals surface area contributed by atoms with Crippen molar-refractivity contribution in [1.29, 1.82) is 0 Å². The van der Waals surface area contributed by atoms with Gasteiger partial charge in [-0.05, 0) is 32.0 Å². The second-order valence-electron chi connectivity index (χ2n) is 4.38.